The second-order valence-corrected chi connectivity index (χ2v) is 12.0. The molecule has 10 heteroatoms. The summed E-state index contributed by atoms with van der Waals surface area (Å²) in [5.41, 5.74) is 1.98. The number of morpholine rings is 1. The number of nitrogens with zero attached hydrogens (tertiary/aromatic N) is 3. The van der Waals surface area contributed by atoms with E-state index in [1.165, 1.54) is 30.6 Å². The molecular weight excluding hydrogens is 498 g/mol. The fourth-order valence-electron chi connectivity index (χ4n) is 4.24. The number of carbonyl (C=O) groups excluding carboxylic acids is 1. The Balaban J connectivity index is 1.42. The van der Waals surface area contributed by atoms with Gasteiger partial charge in [-0.1, -0.05) is 23.5 Å². The van der Waals surface area contributed by atoms with Crippen LogP contribution >= 0.6 is 11.3 Å². The first-order chi connectivity index (χ1) is 17.4. The summed E-state index contributed by atoms with van der Waals surface area (Å²) >= 11 is 1.50. The summed E-state index contributed by atoms with van der Waals surface area (Å²) in [7, 11) is -1.95. The van der Waals surface area contributed by atoms with Gasteiger partial charge in [-0.15, -0.1) is 0 Å². The van der Waals surface area contributed by atoms with Gasteiger partial charge in [0.05, 0.1) is 41.2 Å². The van der Waals surface area contributed by atoms with Gasteiger partial charge in [-0.25, -0.2) is 13.4 Å². The maximum absolute atomic E-state index is 13.3. The van der Waals surface area contributed by atoms with Crippen LogP contribution in [-0.4, -0.2) is 76.5 Å². The van der Waals surface area contributed by atoms with Crippen LogP contribution in [0.2, 0.25) is 0 Å². The third-order valence-electron chi connectivity index (χ3n) is 6.32. The first-order valence-electron chi connectivity index (χ1n) is 12.2. The van der Waals surface area contributed by atoms with Crippen LogP contribution in [-0.2, 0) is 19.4 Å². The zero-order chi connectivity index (χ0) is 25.5. The van der Waals surface area contributed by atoms with Crippen molar-refractivity contribution in [3.05, 3.63) is 48.0 Å². The molecule has 2 aromatic carbocycles. The van der Waals surface area contributed by atoms with Gasteiger partial charge in [0.2, 0.25) is 5.91 Å². The molecule has 1 amide bonds. The number of methoxy groups -OCH3 is 1. The minimum Gasteiger partial charge on any atom is -0.497 e. The van der Waals surface area contributed by atoms with Crippen LogP contribution in [0, 0.1) is 6.92 Å². The monoisotopic (exact) mass is 531 g/mol. The van der Waals surface area contributed by atoms with Crippen molar-refractivity contribution in [3.63, 3.8) is 0 Å². The number of rotatable bonds is 11. The van der Waals surface area contributed by atoms with E-state index in [9.17, 15) is 13.2 Å². The van der Waals surface area contributed by atoms with Crippen LogP contribution in [0.1, 0.15) is 24.8 Å². The Morgan fingerprint density at radius 1 is 1.14 bits per heavy atom. The number of aryl methyl sites for hydroxylation is 1. The van der Waals surface area contributed by atoms with E-state index in [1.54, 1.807) is 17.0 Å². The quantitative estimate of drug-likeness (QED) is 0.370. The van der Waals surface area contributed by atoms with Gasteiger partial charge in [-0.3, -0.25) is 14.6 Å². The second-order valence-electron chi connectivity index (χ2n) is 8.87. The number of carbonyl (C=O) groups is 1. The van der Waals surface area contributed by atoms with Crippen molar-refractivity contribution in [2.75, 3.05) is 57.2 Å². The van der Waals surface area contributed by atoms with Crippen molar-refractivity contribution in [1.82, 2.24) is 9.88 Å². The van der Waals surface area contributed by atoms with Crippen LogP contribution in [0.3, 0.4) is 0 Å². The van der Waals surface area contributed by atoms with Gasteiger partial charge in [-0.2, -0.15) is 0 Å². The van der Waals surface area contributed by atoms with Crippen LogP contribution < -0.4 is 9.64 Å². The van der Waals surface area contributed by atoms with E-state index in [-0.39, 0.29) is 29.4 Å². The van der Waals surface area contributed by atoms with E-state index < -0.39 is 9.84 Å². The van der Waals surface area contributed by atoms with Gasteiger partial charge in [0, 0.05) is 32.6 Å². The lowest BCUT2D eigenvalue weighted by Gasteiger charge is -2.27. The summed E-state index contributed by atoms with van der Waals surface area (Å²) in [5, 5.41) is 0.671. The van der Waals surface area contributed by atoms with Gasteiger partial charge < -0.3 is 9.47 Å². The summed E-state index contributed by atoms with van der Waals surface area (Å²) in [6, 6.07) is 12.4. The summed E-state index contributed by atoms with van der Waals surface area (Å²) in [6.07, 6.45) is 1.20. The summed E-state index contributed by atoms with van der Waals surface area (Å²) in [5.74, 6) is 0.410. The van der Waals surface area contributed by atoms with Gasteiger partial charge >= 0.3 is 0 Å². The molecular formula is C26H33N3O5S2. The van der Waals surface area contributed by atoms with E-state index in [4.69, 9.17) is 14.5 Å². The molecule has 1 saturated heterocycles. The Kier molecular flexibility index (Phi) is 8.95. The zero-order valence-electron chi connectivity index (χ0n) is 20.8. The van der Waals surface area contributed by atoms with Crippen LogP contribution in [0.4, 0.5) is 5.13 Å². The highest BCUT2D eigenvalue weighted by atomic mass is 32.2. The number of thiazole rings is 1. The number of sulfone groups is 1. The number of benzene rings is 2. The van der Waals surface area contributed by atoms with Crippen molar-refractivity contribution in [2.45, 2.75) is 31.1 Å². The number of anilines is 1. The SMILES string of the molecule is COc1ccc(S(=O)(=O)CCCC(=O)N(CCCN2CCOCC2)c2nc3c(C)cccc3s2)cc1. The zero-order valence-corrected chi connectivity index (χ0v) is 22.4. The number of para-hydroxylation sites is 1. The standard InChI is InChI=1S/C26H33N3O5S2/c1-20-6-3-7-23-25(20)27-26(35-23)29(14-5-13-28-15-17-34-18-16-28)24(30)8-4-19-36(31,32)22-11-9-21(33-2)10-12-22/h3,6-7,9-12H,4-5,8,13-19H2,1-2H3. The third-order valence-corrected chi connectivity index (χ3v) is 9.18. The first-order valence-corrected chi connectivity index (χ1v) is 14.7. The second kappa shape index (κ2) is 12.1. The highest BCUT2D eigenvalue weighted by molar-refractivity contribution is 7.91. The lowest BCUT2D eigenvalue weighted by atomic mass is 10.2. The van der Waals surface area contributed by atoms with Gasteiger partial charge in [0.1, 0.15) is 5.75 Å². The van der Waals surface area contributed by atoms with Gasteiger partial charge in [0.25, 0.3) is 0 Å². The number of fused-ring (bicyclic) bond motifs is 1. The molecule has 0 unspecified atom stereocenters. The van der Waals surface area contributed by atoms with E-state index in [0.717, 1.165) is 55.0 Å². The van der Waals surface area contributed by atoms with Crippen molar-refractivity contribution in [1.29, 1.82) is 0 Å². The van der Waals surface area contributed by atoms with Crippen molar-refractivity contribution < 1.29 is 22.7 Å². The van der Waals surface area contributed by atoms with Crippen molar-refractivity contribution >= 4 is 42.4 Å². The molecule has 0 radical (unpaired) electrons. The molecule has 0 N–H and O–H groups in total. The van der Waals surface area contributed by atoms with E-state index in [2.05, 4.69) is 4.90 Å². The molecule has 4 rings (SSSR count). The number of hydrogen-bond donors (Lipinski definition) is 0. The molecule has 36 heavy (non-hydrogen) atoms. The largest absolute Gasteiger partial charge is 0.497 e. The van der Waals surface area contributed by atoms with Gasteiger partial charge in [0.15, 0.2) is 15.0 Å². The minimum atomic E-state index is -3.49. The summed E-state index contributed by atoms with van der Waals surface area (Å²) in [6.45, 7) is 6.71. The Morgan fingerprint density at radius 2 is 1.89 bits per heavy atom. The molecule has 0 saturated carbocycles. The maximum atomic E-state index is 13.3. The number of amides is 1. The number of aromatic nitrogens is 1. The molecule has 2 heterocycles. The van der Waals surface area contributed by atoms with Crippen LogP contribution in [0.25, 0.3) is 10.2 Å². The Morgan fingerprint density at radius 3 is 2.58 bits per heavy atom. The Bertz CT molecular complexity index is 1270. The maximum Gasteiger partial charge on any atom is 0.228 e. The molecule has 1 fully saturated rings. The number of hydrogen-bond acceptors (Lipinski definition) is 8. The van der Waals surface area contributed by atoms with E-state index >= 15 is 0 Å². The molecule has 1 aromatic heterocycles. The lowest BCUT2D eigenvalue weighted by molar-refractivity contribution is -0.118. The Hall–Kier alpha value is -2.53. The molecule has 1 aliphatic heterocycles. The predicted molar refractivity (Wildman–Crippen MR) is 143 cm³/mol. The average molecular weight is 532 g/mol. The fourth-order valence-corrected chi connectivity index (χ4v) is 6.64. The third kappa shape index (κ3) is 6.61. The molecule has 1 aliphatic rings. The average Bonchev–Trinajstić information content (AvgIpc) is 3.32. The van der Waals surface area contributed by atoms with Gasteiger partial charge in [-0.05, 0) is 55.7 Å². The van der Waals surface area contributed by atoms with Crippen molar-refractivity contribution in [2.24, 2.45) is 0 Å². The Labute approximate surface area is 216 Å². The fraction of sp³-hybridized carbons (Fsp3) is 0.462. The molecule has 0 aliphatic carbocycles. The highest BCUT2D eigenvalue weighted by Gasteiger charge is 2.22. The van der Waals surface area contributed by atoms with E-state index in [0.29, 0.717) is 17.4 Å². The normalized spacial score (nSPS) is 14.7. The first kappa shape index (κ1) is 26.5. The summed E-state index contributed by atoms with van der Waals surface area (Å²) < 4.78 is 37.1. The summed E-state index contributed by atoms with van der Waals surface area (Å²) in [4.78, 5) is 22.4. The minimum absolute atomic E-state index is 0.0916. The smallest absolute Gasteiger partial charge is 0.228 e. The lowest BCUT2D eigenvalue weighted by Crippen LogP contribution is -2.39. The van der Waals surface area contributed by atoms with Crippen LogP contribution in [0.15, 0.2) is 47.4 Å². The molecule has 0 spiro atoms. The molecule has 0 atom stereocenters. The highest BCUT2D eigenvalue weighted by Crippen LogP contribution is 2.31. The number of ether oxygens (including phenoxy) is 2. The van der Waals surface area contributed by atoms with E-state index in [1.807, 2.05) is 25.1 Å². The van der Waals surface area contributed by atoms with Crippen LogP contribution in [0.5, 0.6) is 5.75 Å². The topological polar surface area (TPSA) is 89.0 Å². The molecule has 3 aromatic rings. The molecule has 8 nitrogen and oxygen atoms in total. The van der Waals surface area contributed by atoms with Crippen molar-refractivity contribution in [3.8, 4) is 5.75 Å². The molecule has 194 valence electrons. The molecule has 0 bridgehead atoms. The predicted octanol–water partition coefficient (Wildman–Crippen LogP) is 3.92.